The minimum absolute atomic E-state index is 0.164. The van der Waals surface area contributed by atoms with Gasteiger partial charge in [0.15, 0.2) is 0 Å². The van der Waals surface area contributed by atoms with Crippen LogP contribution in [0.5, 0.6) is 0 Å². The minimum atomic E-state index is -0.324. The van der Waals surface area contributed by atoms with Crippen molar-refractivity contribution >= 4 is 17.5 Å². The van der Waals surface area contributed by atoms with Crippen LogP contribution in [0, 0.1) is 0 Å². The van der Waals surface area contributed by atoms with Crippen molar-refractivity contribution in [2.24, 2.45) is 0 Å². The van der Waals surface area contributed by atoms with E-state index in [1.165, 1.54) is 4.57 Å². The Morgan fingerprint density at radius 2 is 2.00 bits per heavy atom. The minimum Gasteiger partial charge on any atom is -0.358 e. The first-order valence-electron chi connectivity index (χ1n) is 8.13. The molecule has 0 aliphatic heterocycles. The lowest BCUT2D eigenvalue weighted by Crippen LogP contribution is -2.50. The average Bonchev–Trinajstić information content (AvgIpc) is 2.56. The van der Waals surface area contributed by atoms with Crippen LogP contribution in [0.25, 0.3) is 0 Å². The summed E-state index contributed by atoms with van der Waals surface area (Å²) in [7, 11) is 0. The zero-order valence-electron chi connectivity index (χ0n) is 13.6. The van der Waals surface area contributed by atoms with Crippen molar-refractivity contribution in [2.75, 3.05) is 13.1 Å². The van der Waals surface area contributed by atoms with Gasteiger partial charge in [-0.3, -0.25) is 9.59 Å². The third-order valence-corrected chi connectivity index (χ3v) is 3.95. The molecule has 0 atom stereocenters. The monoisotopic (exact) mass is 348 g/mol. The Labute approximate surface area is 146 Å². The van der Waals surface area contributed by atoms with E-state index in [0.29, 0.717) is 18.1 Å². The molecule has 1 aromatic heterocycles. The normalized spacial score (nSPS) is 10.6. The van der Waals surface area contributed by atoms with Crippen LogP contribution in [0.4, 0.5) is 0 Å². The van der Waals surface area contributed by atoms with Gasteiger partial charge >= 0.3 is 0 Å². The van der Waals surface area contributed by atoms with Crippen LogP contribution in [0.15, 0.2) is 47.4 Å². The summed E-state index contributed by atoms with van der Waals surface area (Å²) in [4.78, 5) is 24.7. The molecule has 0 spiro atoms. The third kappa shape index (κ3) is 5.22. The fraction of sp³-hybridized carbons (Fsp3) is 0.333. The number of quaternary nitrogens is 1. The van der Waals surface area contributed by atoms with Gasteiger partial charge in [0.05, 0.1) is 13.1 Å². The van der Waals surface area contributed by atoms with Crippen molar-refractivity contribution in [3.63, 3.8) is 0 Å². The van der Waals surface area contributed by atoms with Gasteiger partial charge in [0.25, 0.3) is 11.5 Å². The van der Waals surface area contributed by atoms with Gasteiger partial charge in [-0.05, 0) is 49.1 Å². The quantitative estimate of drug-likeness (QED) is 0.712. The highest BCUT2D eigenvalue weighted by atomic mass is 35.5. The second kappa shape index (κ2) is 9.25. The summed E-state index contributed by atoms with van der Waals surface area (Å²) in [6.07, 6.45) is 4.64. The highest BCUT2D eigenvalue weighted by Gasteiger charge is 2.11. The number of unbranched alkanes of at least 4 members (excludes halogenated alkanes) is 2. The molecule has 0 bridgehead atoms. The summed E-state index contributed by atoms with van der Waals surface area (Å²) in [5.41, 5.74) is 4.56. The molecule has 4 N–H and O–H groups in total. The SMILES string of the molecule is [NH3+]CCCCCNC(=O)c1cccn(Cc2cccc(Cl)c2)c1=O. The molecule has 0 aliphatic carbocycles. The van der Waals surface area contributed by atoms with Crippen LogP contribution in [0.1, 0.15) is 35.2 Å². The van der Waals surface area contributed by atoms with E-state index in [4.69, 9.17) is 11.6 Å². The third-order valence-electron chi connectivity index (χ3n) is 3.72. The molecule has 0 aliphatic rings. The Morgan fingerprint density at radius 3 is 2.75 bits per heavy atom. The standard InChI is InChI=1S/C18H22ClN3O2/c19-15-7-4-6-14(12-15)13-22-11-5-8-16(18(22)24)17(23)21-10-3-1-2-9-20/h4-8,11-12H,1-3,9-10,13,20H2,(H,21,23)/p+1. The zero-order valence-corrected chi connectivity index (χ0v) is 14.4. The van der Waals surface area contributed by atoms with E-state index in [1.807, 2.05) is 18.2 Å². The van der Waals surface area contributed by atoms with E-state index in [9.17, 15) is 9.59 Å². The van der Waals surface area contributed by atoms with E-state index < -0.39 is 0 Å². The predicted molar refractivity (Wildman–Crippen MR) is 95.2 cm³/mol. The van der Waals surface area contributed by atoms with Crippen molar-refractivity contribution < 1.29 is 10.5 Å². The van der Waals surface area contributed by atoms with E-state index in [0.717, 1.165) is 31.4 Å². The van der Waals surface area contributed by atoms with E-state index in [-0.39, 0.29) is 17.0 Å². The molecular formula is C18H23ClN3O2+. The topological polar surface area (TPSA) is 78.7 Å². The highest BCUT2D eigenvalue weighted by molar-refractivity contribution is 6.30. The average molecular weight is 349 g/mol. The smallest absolute Gasteiger partial charge is 0.263 e. The first kappa shape index (κ1) is 18.2. The number of aromatic nitrogens is 1. The molecule has 1 aromatic carbocycles. The Balaban J connectivity index is 2.04. The molecule has 0 fully saturated rings. The predicted octanol–water partition coefficient (Wildman–Crippen LogP) is 1.69. The molecule has 1 amide bonds. The lowest BCUT2D eigenvalue weighted by atomic mass is 10.2. The molecular weight excluding hydrogens is 326 g/mol. The van der Waals surface area contributed by atoms with Gasteiger partial charge in [-0.2, -0.15) is 0 Å². The molecule has 5 nitrogen and oxygen atoms in total. The van der Waals surface area contributed by atoms with E-state index >= 15 is 0 Å². The summed E-state index contributed by atoms with van der Waals surface area (Å²) in [5.74, 6) is -0.324. The maximum absolute atomic E-state index is 12.5. The van der Waals surface area contributed by atoms with Gasteiger partial charge < -0.3 is 15.6 Å². The Kier molecular flexibility index (Phi) is 7.03. The fourth-order valence-electron chi connectivity index (χ4n) is 2.44. The number of pyridine rings is 1. The Morgan fingerprint density at radius 1 is 1.17 bits per heavy atom. The van der Waals surface area contributed by atoms with E-state index in [2.05, 4.69) is 11.1 Å². The molecule has 128 valence electrons. The van der Waals surface area contributed by atoms with Crippen molar-refractivity contribution in [1.29, 1.82) is 0 Å². The molecule has 1 heterocycles. The van der Waals surface area contributed by atoms with Gasteiger partial charge in [0, 0.05) is 17.8 Å². The summed E-state index contributed by atoms with van der Waals surface area (Å²) in [6, 6.07) is 10.6. The molecule has 24 heavy (non-hydrogen) atoms. The summed E-state index contributed by atoms with van der Waals surface area (Å²) in [5, 5.41) is 3.43. The number of amides is 1. The van der Waals surface area contributed by atoms with Crippen LogP contribution in [-0.2, 0) is 6.54 Å². The second-order valence-corrected chi connectivity index (χ2v) is 6.09. The molecule has 6 heteroatoms. The van der Waals surface area contributed by atoms with Crippen LogP contribution in [-0.4, -0.2) is 23.6 Å². The molecule has 0 radical (unpaired) electrons. The number of hydrogen-bond donors (Lipinski definition) is 2. The van der Waals surface area contributed by atoms with E-state index in [1.54, 1.807) is 24.4 Å². The molecule has 0 unspecified atom stereocenters. The van der Waals surface area contributed by atoms with Crippen LogP contribution in [0.2, 0.25) is 5.02 Å². The van der Waals surface area contributed by atoms with Crippen LogP contribution < -0.4 is 16.6 Å². The van der Waals surface area contributed by atoms with Crippen molar-refractivity contribution in [2.45, 2.75) is 25.8 Å². The first-order chi connectivity index (χ1) is 11.6. The molecule has 0 saturated carbocycles. The van der Waals surface area contributed by atoms with Gasteiger partial charge in [-0.1, -0.05) is 23.7 Å². The maximum atomic E-state index is 12.5. The Hall–Kier alpha value is -2.11. The van der Waals surface area contributed by atoms with Crippen LogP contribution in [0.3, 0.4) is 0 Å². The number of carbonyl (C=O) groups is 1. The van der Waals surface area contributed by atoms with Crippen molar-refractivity contribution in [1.82, 2.24) is 9.88 Å². The summed E-state index contributed by atoms with van der Waals surface area (Å²) in [6.45, 7) is 1.85. The van der Waals surface area contributed by atoms with Gasteiger partial charge in [-0.15, -0.1) is 0 Å². The lowest BCUT2D eigenvalue weighted by Gasteiger charge is -2.09. The molecule has 2 aromatic rings. The summed E-state index contributed by atoms with van der Waals surface area (Å²) < 4.78 is 1.52. The first-order valence-corrected chi connectivity index (χ1v) is 8.51. The maximum Gasteiger partial charge on any atom is 0.263 e. The second-order valence-electron chi connectivity index (χ2n) is 5.65. The van der Waals surface area contributed by atoms with Gasteiger partial charge in [0.2, 0.25) is 0 Å². The number of benzene rings is 1. The number of rotatable bonds is 8. The lowest BCUT2D eigenvalue weighted by molar-refractivity contribution is -0.368. The fourth-order valence-corrected chi connectivity index (χ4v) is 2.65. The van der Waals surface area contributed by atoms with Crippen molar-refractivity contribution in [3.8, 4) is 0 Å². The largest absolute Gasteiger partial charge is 0.358 e. The highest BCUT2D eigenvalue weighted by Crippen LogP contribution is 2.11. The number of nitrogens with zero attached hydrogens (tertiary/aromatic N) is 1. The summed E-state index contributed by atoms with van der Waals surface area (Å²) >= 11 is 5.97. The van der Waals surface area contributed by atoms with Gasteiger partial charge in [-0.25, -0.2) is 0 Å². The molecule has 0 saturated heterocycles. The number of halogens is 1. The molecule has 2 rings (SSSR count). The Bertz CT molecular complexity index is 743. The number of nitrogens with one attached hydrogen (secondary N) is 1. The number of hydrogen-bond acceptors (Lipinski definition) is 2. The van der Waals surface area contributed by atoms with Gasteiger partial charge in [0.1, 0.15) is 5.56 Å². The van der Waals surface area contributed by atoms with Crippen molar-refractivity contribution in [3.05, 3.63) is 69.1 Å². The number of carbonyl (C=O) groups excluding carboxylic acids is 1. The zero-order chi connectivity index (χ0) is 17.4. The van der Waals surface area contributed by atoms with Crippen LogP contribution >= 0.6 is 11.6 Å².